The van der Waals surface area contributed by atoms with E-state index in [9.17, 15) is 23.1 Å². The molecule has 0 saturated carbocycles. The van der Waals surface area contributed by atoms with Gasteiger partial charge in [-0.3, -0.25) is 4.79 Å². The van der Waals surface area contributed by atoms with E-state index in [0.29, 0.717) is 31.7 Å². The number of ether oxygens (including phenoxy) is 1. The number of aromatic hydroxyl groups is 1. The summed E-state index contributed by atoms with van der Waals surface area (Å²) in [6.45, 7) is 0.481. The van der Waals surface area contributed by atoms with Crippen LogP contribution in [0.5, 0.6) is 11.6 Å². The Morgan fingerprint density at radius 2 is 2.00 bits per heavy atom. The Morgan fingerprint density at radius 3 is 2.69 bits per heavy atom. The Hall–Kier alpha value is -3.93. The number of halogens is 3. The van der Waals surface area contributed by atoms with Crippen molar-refractivity contribution in [1.29, 1.82) is 0 Å². The van der Waals surface area contributed by atoms with E-state index in [1.165, 1.54) is 19.2 Å². The first-order valence-corrected chi connectivity index (χ1v) is 11.6. The summed E-state index contributed by atoms with van der Waals surface area (Å²) in [5.74, 6) is -1.69. The molecule has 12 heteroatoms. The standard InChI is InChI=1S/C24H19F3N4O4S/c1-35-16-4-2-13(18(8-16)24(25,26)27)7-17(12-3-5-19-14(6-12)9-28-30-19)20-21(32)29-23(36-20)31-10-15(11-31)22(33)34/h2-6,8-9,15,32H,7,10-11H2,1H3,(H,33,34). The molecule has 0 aliphatic carbocycles. The van der Waals surface area contributed by atoms with Crippen LogP contribution >= 0.6 is 11.3 Å². The summed E-state index contributed by atoms with van der Waals surface area (Å²) in [7, 11) is 1.30. The second kappa shape index (κ2) is 8.94. The lowest BCUT2D eigenvalue weighted by Crippen LogP contribution is -2.50. The van der Waals surface area contributed by atoms with Crippen molar-refractivity contribution in [3.63, 3.8) is 0 Å². The zero-order valence-corrected chi connectivity index (χ0v) is 19.6. The molecule has 0 spiro atoms. The lowest BCUT2D eigenvalue weighted by atomic mass is 9.96. The third-order valence-electron chi connectivity index (χ3n) is 6.10. The molecule has 2 N–H and O–H groups in total. The number of carbonyl (C=O) groups is 1. The van der Waals surface area contributed by atoms with Crippen LogP contribution in [-0.4, -0.2) is 47.6 Å². The molecular weight excluding hydrogens is 497 g/mol. The molecule has 1 fully saturated rings. The molecule has 36 heavy (non-hydrogen) atoms. The number of methoxy groups -OCH3 is 1. The van der Waals surface area contributed by atoms with Gasteiger partial charge in [-0.15, -0.1) is 0 Å². The van der Waals surface area contributed by atoms with Crippen LogP contribution in [0, 0.1) is 5.92 Å². The van der Waals surface area contributed by atoms with Gasteiger partial charge in [-0.2, -0.15) is 28.4 Å². The Kier molecular flexibility index (Phi) is 5.91. The van der Waals surface area contributed by atoms with Crippen molar-refractivity contribution in [3.05, 3.63) is 68.5 Å². The first-order chi connectivity index (χ1) is 17.1. The molecule has 186 valence electrons. The van der Waals surface area contributed by atoms with Gasteiger partial charge in [0, 0.05) is 25.1 Å². The van der Waals surface area contributed by atoms with Crippen LogP contribution in [0.15, 0.2) is 46.6 Å². The molecule has 0 amide bonds. The predicted molar refractivity (Wildman–Crippen MR) is 126 cm³/mol. The van der Waals surface area contributed by atoms with Crippen molar-refractivity contribution >= 4 is 34.2 Å². The van der Waals surface area contributed by atoms with E-state index in [-0.39, 0.29) is 36.7 Å². The lowest BCUT2D eigenvalue weighted by molar-refractivity contribution is -0.142. The van der Waals surface area contributed by atoms with Crippen molar-refractivity contribution in [3.8, 4) is 11.6 Å². The zero-order valence-electron chi connectivity index (χ0n) is 18.8. The van der Waals surface area contributed by atoms with Gasteiger partial charge in [0.2, 0.25) is 5.88 Å². The molecule has 8 nitrogen and oxygen atoms in total. The first-order valence-electron chi connectivity index (χ1n) is 10.8. The summed E-state index contributed by atoms with van der Waals surface area (Å²) in [5, 5.41) is 29.4. The number of carboxylic acids is 1. The molecule has 0 atom stereocenters. The summed E-state index contributed by atoms with van der Waals surface area (Å²) in [5.41, 5.74) is 0.298. The van der Waals surface area contributed by atoms with Crippen LogP contribution in [0.4, 0.5) is 18.3 Å². The molecule has 1 aromatic heterocycles. The number of aliphatic carboxylic acids is 1. The first kappa shape index (κ1) is 23.8. The third kappa shape index (κ3) is 4.39. The highest BCUT2D eigenvalue weighted by molar-refractivity contribution is 7.17. The van der Waals surface area contributed by atoms with Crippen LogP contribution in [0.25, 0.3) is 5.57 Å². The monoisotopic (exact) mass is 516 g/mol. The van der Waals surface area contributed by atoms with Crippen LogP contribution < -0.4 is 20.2 Å². The summed E-state index contributed by atoms with van der Waals surface area (Å²) in [6.07, 6.45) is -3.23. The summed E-state index contributed by atoms with van der Waals surface area (Å²) < 4.78 is 46.8. The van der Waals surface area contributed by atoms with Crippen molar-refractivity contribution in [2.24, 2.45) is 16.1 Å². The molecule has 0 unspecified atom stereocenters. The van der Waals surface area contributed by atoms with Crippen LogP contribution in [0.1, 0.15) is 21.6 Å². The number of hydrogen-bond donors (Lipinski definition) is 2. The molecule has 0 radical (unpaired) electrons. The predicted octanol–water partition coefficient (Wildman–Crippen LogP) is 2.81. The topological polar surface area (TPSA) is 108 Å². The van der Waals surface area contributed by atoms with Gasteiger partial charge in [0.05, 0.1) is 35.0 Å². The molecule has 5 rings (SSSR count). The number of nitrogens with zero attached hydrogens (tertiary/aromatic N) is 4. The summed E-state index contributed by atoms with van der Waals surface area (Å²) in [4.78, 5) is 17.4. The van der Waals surface area contributed by atoms with Crippen molar-refractivity contribution in [2.45, 2.75) is 12.6 Å². The van der Waals surface area contributed by atoms with E-state index < -0.39 is 23.6 Å². The van der Waals surface area contributed by atoms with Gasteiger partial charge < -0.3 is 19.8 Å². The molecule has 3 heterocycles. The number of anilines is 1. The van der Waals surface area contributed by atoms with Gasteiger partial charge in [-0.05, 0) is 40.6 Å². The maximum absolute atomic E-state index is 13.9. The van der Waals surface area contributed by atoms with Gasteiger partial charge in [0.15, 0.2) is 5.13 Å². The molecule has 2 aliphatic heterocycles. The number of thiazole rings is 1. The third-order valence-corrected chi connectivity index (χ3v) is 7.27. The summed E-state index contributed by atoms with van der Waals surface area (Å²) >= 11 is 1.11. The van der Waals surface area contributed by atoms with E-state index >= 15 is 0 Å². The largest absolute Gasteiger partial charge is 0.497 e. The highest BCUT2D eigenvalue weighted by atomic mass is 32.1. The maximum Gasteiger partial charge on any atom is 0.416 e. The number of fused-ring (bicyclic) bond motifs is 1. The second-order valence-corrected chi connectivity index (χ2v) is 9.36. The molecular formula is C24H19F3N4O4S. The zero-order chi connectivity index (χ0) is 25.6. The van der Waals surface area contributed by atoms with Crippen molar-refractivity contribution in [1.82, 2.24) is 4.98 Å². The Labute approximate surface area is 206 Å². The molecule has 2 aliphatic rings. The Balaban J connectivity index is 1.63. The van der Waals surface area contributed by atoms with E-state index in [2.05, 4.69) is 15.2 Å². The fraction of sp³-hybridized carbons (Fsp3) is 0.250. The number of alkyl halides is 3. The van der Waals surface area contributed by atoms with E-state index in [4.69, 9.17) is 9.84 Å². The SMILES string of the molecule is COc1ccc(CC(c2sc(N3CC(C(=O)O)C3)nc2O)=c2ccc3c(c2)C=NN=3)c(C(F)(F)F)c1. The number of rotatable bonds is 6. The minimum atomic E-state index is -4.62. The van der Waals surface area contributed by atoms with Gasteiger partial charge >= 0.3 is 12.1 Å². The number of carboxylic acid groups (broad SMARTS) is 1. The van der Waals surface area contributed by atoms with Gasteiger partial charge in [0.25, 0.3) is 0 Å². The minimum Gasteiger partial charge on any atom is -0.497 e. The lowest BCUT2D eigenvalue weighted by Gasteiger charge is -2.36. The number of benzene rings is 2. The van der Waals surface area contributed by atoms with Crippen LogP contribution in [0.2, 0.25) is 0 Å². The number of aromatic nitrogens is 1. The van der Waals surface area contributed by atoms with Crippen LogP contribution in [0.3, 0.4) is 0 Å². The highest BCUT2D eigenvalue weighted by Crippen LogP contribution is 2.41. The normalized spacial score (nSPS) is 15.8. The Bertz CT molecular complexity index is 1510. The average Bonchev–Trinajstić information content (AvgIpc) is 3.41. The summed E-state index contributed by atoms with van der Waals surface area (Å²) in [6, 6.07) is 8.95. The highest BCUT2D eigenvalue weighted by Gasteiger charge is 2.36. The van der Waals surface area contributed by atoms with Gasteiger partial charge in [-0.25, -0.2) is 0 Å². The van der Waals surface area contributed by atoms with E-state index in [1.54, 1.807) is 29.3 Å². The average molecular weight is 517 g/mol. The molecule has 0 bridgehead atoms. The van der Waals surface area contributed by atoms with Crippen molar-refractivity contribution in [2.75, 3.05) is 25.1 Å². The Morgan fingerprint density at radius 1 is 1.22 bits per heavy atom. The molecule has 1 saturated heterocycles. The van der Waals surface area contributed by atoms with Crippen LogP contribution in [-0.2, 0) is 17.4 Å². The quantitative estimate of drug-likeness (QED) is 0.522. The second-order valence-electron chi connectivity index (χ2n) is 8.38. The minimum absolute atomic E-state index is 0.00129. The van der Waals surface area contributed by atoms with Gasteiger partial charge in [-0.1, -0.05) is 23.5 Å². The van der Waals surface area contributed by atoms with Gasteiger partial charge in [0.1, 0.15) is 5.75 Å². The molecule has 2 aromatic carbocycles. The van der Waals surface area contributed by atoms with E-state index in [0.717, 1.165) is 17.4 Å². The van der Waals surface area contributed by atoms with E-state index in [1.807, 2.05) is 0 Å². The maximum atomic E-state index is 13.9. The fourth-order valence-corrected chi connectivity index (χ4v) is 5.16. The number of hydrogen-bond acceptors (Lipinski definition) is 8. The smallest absolute Gasteiger partial charge is 0.416 e. The molecule has 3 aromatic rings. The van der Waals surface area contributed by atoms with Crippen molar-refractivity contribution < 1.29 is 32.9 Å². The fourth-order valence-electron chi connectivity index (χ4n) is 4.12.